The van der Waals surface area contributed by atoms with Gasteiger partial charge in [-0.25, -0.2) is 4.57 Å². The molecule has 28 heavy (non-hydrogen) atoms. The lowest BCUT2D eigenvalue weighted by Gasteiger charge is -2.02. The minimum atomic E-state index is -0.488. The lowest BCUT2D eigenvalue weighted by Crippen LogP contribution is -2.37. The Labute approximate surface area is 160 Å². The summed E-state index contributed by atoms with van der Waals surface area (Å²) in [6.07, 6.45) is 3.43. The maximum atomic E-state index is 12.4. The molecule has 0 saturated carbocycles. The number of carbonyl (C=O) groups excluding carboxylic acids is 1. The van der Waals surface area contributed by atoms with Gasteiger partial charge >= 0.3 is 0 Å². The fourth-order valence-electron chi connectivity index (χ4n) is 3.02. The molecule has 0 spiro atoms. The highest BCUT2D eigenvalue weighted by Gasteiger charge is 2.13. The minimum Gasteiger partial charge on any atom is -0.290 e. The molecule has 3 aromatic carbocycles. The monoisotopic (exact) mass is 370 g/mol. The number of ketones is 1. The first-order valence-corrected chi connectivity index (χ1v) is 8.72. The number of rotatable bonds is 5. The van der Waals surface area contributed by atoms with E-state index in [9.17, 15) is 14.9 Å². The summed E-state index contributed by atoms with van der Waals surface area (Å²) in [5, 5.41) is 13.0. The van der Waals surface area contributed by atoms with Gasteiger partial charge in [-0.3, -0.25) is 14.9 Å². The van der Waals surface area contributed by atoms with Gasteiger partial charge in [0.15, 0.2) is 12.2 Å². The Bertz CT molecular complexity index is 1170. The van der Waals surface area contributed by atoms with Crippen molar-refractivity contribution < 1.29 is 14.3 Å². The molecule has 4 aromatic rings. The van der Waals surface area contributed by atoms with Crippen LogP contribution < -0.4 is 4.57 Å². The third-order valence-electron chi connectivity index (χ3n) is 4.54. The van der Waals surface area contributed by atoms with Gasteiger partial charge < -0.3 is 0 Å². The van der Waals surface area contributed by atoms with E-state index in [-0.39, 0.29) is 18.0 Å². The fourth-order valence-corrected chi connectivity index (χ4v) is 3.02. The number of hydrogen-bond acceptors (Lipinski definition) is 4. The van der Waals surface area contributed by atoms with Crippen LogP contribution in [0.1, 0.15) is 10.4 Å². The Morgan fingerprint density at radius 2 is 1.71 bits per heavy atom. The van der Waals surface area contributed by atoms with Crippen LogP contribution in [0, 0.1) is 10.1 Å². The number of carbonyl (C=O) groups is 1. The molecule has 0 fully saturated rings. The topological polar surface area (TPSA) is 77.0 Å². The number of benzene rings is 3. The van der Waals surface area contributed by atoms with Gasteiger partial charge in [-0.15, -0.1) is 0 Å². The van der Waals surface area contributed by atoms with E-state index in [4.69, 9.17) is 0 Å². The molecule has 0 unspecified atom stereocenters. The molecule has 0 N–H and O–H groups in total. The zero-order valence-corrected chi connectivity index (χ0v) is 14.9. The lowest BCUT2D eigenvalue weighted by molar-refractivity contribution is -0.686. The van der Waals surface area contributed by atoms with Gasteiger partial charge in [-0.2, -0.15) is 0 Å². The number of fused-ring (bicyclic) bond motifs is 1. The van der Waals surface area contributed by atoms with E-state index in [2.05, 4.69) is 29.2 Å². The Balaban J connectivity index is 1.50. The summed E-state index contributed by atoms with van der Waals surface area (Å²) in [5.74, 6) is -0.139. The van der Waals surface area contributed by atoms with Crippen molar-refractivity contribution in [1.82, 2.24) is 4.98 Å². The third-order valence-corrected chi connectivity index (χ3v) is 4.54. The molecule has 0 aliphatic rings. The molecule has 4 rings (SSSR count). The van der Waals surface area contributed by atoms with Crippen LogP contribution in [-0.2, 0) is 6.54 Å². The molecule has 0 amide bonds. The highest BCUT2D eigenvalue weighted by Crippen LogP contribution is 2.22. The Hall–Kier alpha value is -3.93. The van der Waals surface area contributed by atoms with Crippen LogP contribution in [0.2, 0.25) is 0 Å². The predicted molar refractivity (Wildman–Crippen MR) is 105 cm³/mol. The molecule has 0 atom stereocenters. The molecule has 136 valence electrons. The Kier molecular flexibility index (Phi) is 4.60. The number of nitrogens with zero attached hydrogens (tertiary/aromatic N) is 3. The SMILES string of the molecule is O=C(C[n+]1ccc(-c2ccc3ccccc3c2)nc1)c1ccc([N+](=O)[O-])cc1. The van der Waals surface area contributed by atoms with Gasteiger partial charge in [0.1, 0.15) is 0 Å². The smallest absolute Gasteiger partial charge is 0.287 e. The summed E-state index contributed by atoms with van der Waals surface area (Å²) in [6.45, 7) is 0.114. The van der Waals surface area contributed by atoms with E-state index in [0.29, 0.717) is 5.56 Å². The number of non-ortho nitro benzene ring substituents is 1. The van der Waals surface area contributed by atoms with Crippen molar-refractivity contribution in [3.63, 3.8) is 0 Å². The lowest BCUT2D eigenvalue weighted by atomic mass is 10.1. The van der Waals surface area contributed by atoms with Gasteiger partial charge in [0.2, 0.25) is 5.78 Å². The van der Waals surface area contributed by atoms with Crippen LogP contribution in [0.3, 0.4) is 0 Å². The highest BCUT2D eigenvalue weighted by molar-refractivity contribution is 5.95. The largest absolute Gasteiger partial charge is 0.290 e. The molecule has 6 nitrogen and oxygen atoms in total. The summed E-state index contributed by atoms with van der Waals surface area (Å²) in [4.78, 5) is 27.1. The molecule has 1 heterocycles. The summed E-state index contributed by atoms with van der Waals surface area (Å²) >= 11 is 0. The number of Topliss-reactive ketones (excluding diaryl/α,β-unsaturated/α-hetero) is 1. The predicted octanol–water partition coefficient (Wildman–Crippen LogP) is 3.98. The second-order valence-electron chi connectivity index (χ2n) is 6.41. The second kappa shape index (κ2) is 7.36. The first-order chi connectivity index (χ1) is 13.6. The quantitative estimate of drug-likeness (QED) is 0.230. The molecule has 0 radical (unpaired) electrons. The molecule has 0 saturated heterocycles. The molecule has 6 heteroatoms. The molecule has 0 aliphatic heterocycles. The number of nitro benzene ring substituents is 1. The number of nitro groups is 1. The number of aromatic nitrogens is 2. The van der Waals surface area contributed by atoms with Crippen molar-refractivity contribution in [2.24, 2.45) is 0 Å². The van der Waals surface area contributed by atoms with Crippen LogP contribution in [0.15, 0.2) is 85.3 Å². The normalized spacial score (nSPS) is 10.7. The van der Waals surface area contributed by atoms with Gasteiger partial charge in [0, 0.05) is 29.3 Å². The van der Waals surface area contributed by atoms with Crippen molar-refractivity contribution in [2.75, 3.05) is 0 Å². The summed E-state index contributed by atoms with van der Waals surface area (Å²) < 4.78 is 1.69. The molecule has 0 aliphatic carbocycles. The van der Waals surface area contributed by atoms with E-state index >= 15 is 0 Å². The second-order valence-corrected chi connectivity index (χ2v) is 6.41. The van der Waals surface area contributed by atoms with Crippen LogP contribution >= 0.6 is 0 Å². The third kappa shape index (κ3) is 3.61. The van der Waals surface area contributed by atoms with Crippen molar-refractivity contribution in [3.05, 3.63) is 101 Å². The van der Waals surface area contributed by atoms with E-state index in [1.54, 1.807) is 17.1 Å². The number of hydrogen-bond donors (Lipinski definition) is 0. The van der Waals surface area contributed by atoms with Crippen molar-refractivity contribution in [2.45, 2.75) is 6.54 Å². The molecular weight excluding hydrogens is 354 g/mol. The highest BCUT2D eigenvalue weighted by atomic mass is 16.6. The van der Waals surface area contributed by atoms with Crippen molar-refractivity contribution in [3.8, 4) is 11.3 Å². The van der Waals surface area contributed by atoms with Gasteiger partial charge in [0.25, 0.3) is 12.0 Å². The van der Waals surface area contributed by atoms with E-state index in [1.807, 2.05) is 24.3 Å². The first-order valence-electron chi connectivity index (χ1n) is 8.72. The van der Waals surface area contributed by atoms with E-state index in [0.717, 1.165) is 16.6 Å². The Morgan fingerprint density at radius 3 is 2.39 bits per heavy atom. The Morgan fingerprint density at radius 1 is 0.964 bits per heavy atom. The van der Waals surface area contributed by atoms with E-state index in [1.165, 1.54) is 29.7 Å². The molecule has 0 bridgehead atoms. The molecule has 1 aromatic heterocycles. The zero-order chi connectivity index (χ0) is 19.5. The summed E-state index contributed by atoms with van der Waals surface area (Å²) in [5.41, 5.74) is 2.22. The average molecular weight is 370 g/mol. The fraction of sp³-hybridized carbons (Fsp3) is 0.0455. The zero-order valence-electron chi connectivity index (χ0n) is 14.9. The summed E-state index contributed by atoms with van der Waals surface area (Å²) in [6, 6.07) is 21.8. The maximum Gasteiger partial charge on any atom is 0.287 e. The van der Waals surface area contributed by atoms with Crippen LogP contribution in [0.25, 0.3) is 22.0 Å². The van der Waals surface area contributed by atoms with Gasteiger partial charge in [0.05, 0.1) is 11.1 Å². The maximum absolute atomic E-state index is 12.4. The minimum absolute atomic E-state index is 0.0365. The van der Waals surface area contributed by atoms with Crippen LogP contribution in [0.4, 0.5) is 5.69 Å². The first kappa shape index (κ1) is 17.5. The van der Waals surface area contributed by atoms with Crippen molar-refractivity contribution in [1.29, 1.82) is 0 Å². The van der Waals surface area contributed by atoms with Gasteiger partial charge in [-0.1, -0.05) is 30.3 Å². The van der Waals surface area contributed by atoms with Crippen molar-refractivity contribution >= 4 is 22.2 Å². The average Bonchev–Trinajstić information content (AvgIpc) is 2.74. The summed E-state index contributed by atoms with van der Waals surface area (Å²) in [7, 11) is 0. The van der Waals surface area contributed by atoms with Gasteiger partial charge in [-0.05, 0) is 40.0 Å². The van der Waals surface area contributed by atoms with Crippen LogP contribution in [-0.4, -0.2) is 15.7 Å². The molecular formula is C22H16N3O3+. The standard InChI is InChI=1S/C22H16N3O3/c26-22(17-7-9-20(10-8-17)25(27)28)14-24-12-11-21(23-15-24)19-6-5-16-3-1-2-4-18(16)13-19/h1-13,15H,14H2/q+1. The van der Waals surface area contributed by atoms with Crippen LogP contribution in [0.5, 0.6) is 0 Å². The van der Waals surface area contributed by atoms with E-state index < -0.39 is 4.92 Å².